The largest absolute Gasteiger partial charge is 0.484 e. The van der Waals surface area contributed by atoms with E-state index in [9.17, 15) is 31.6 Å². The number of hydrogen-bond donors (Lipinski definition) is 2. The first-order valence-corrected chi connectivity index (χ1v) is 19.3. The lowest BCUT2D eigenvalue weighted by atomic mass is 9.84. The number of benzene rings is 1. The third kappa shape index (κ3) is 18.4. The fourth-order valence-corrected chi connectivity index (χ4v) is 5.83. The van der Waals surface area contributed by atoms with Crippen molar-refractivity contribution >= 4 is 42.9 Å². The minimum absolute atomic E-state index is 0.0428. The Morgan fingerprint density at radius 2 is 1.78 bits per heavy atom. The van der Waals surface area contributed by atoms with Crippen LogP contribution in [0.3, 0.4) is 0 Å². The van der Waals surface area contributed by atoms with Gasteiger partial charge >= 0.3 is 0 Å². The SMILES string of the molecule is C/C=C(\OCC(=O)NC(CC1CCCCC1)C(=O)N[C@H](C)CCCC)c1cccc(C(F)(F)P)c1.CCC=O.CS(=O)(=O)c1ccccn1. The molecule has 2 N–H and O–H groups in total. The number of carbonyl (C=O) groups excluding carboxylic acids is 3. The smallest absolute Gasteiger partial charge is 0.283 e. The molecule has 1 saturated carbocycles. The number of alkyl halides is 2. The number of pyridine rings is 1. The van der Waals surface area contributed by atoms with Crippen LogP contribution in [0.5, 0.6) is 0 Å². The van der Waals surface area contributed by atoms with Crippen molar-refractivity contribution in [1.82, 2.24) is 15.6 Å². The van der Waals surface area contributed by atoms with Gasteiger partial charge in [-0.2, -0.15) is 8.78 Å². The Morgan fingerprint density at radius 3 is 2.29 bits per heavy atom. The molecule has 1 aliphatic rings. The van der Waals surface area contributed by atoms with Crippen molar-refractivity contribution in [1.29, 1.82) is 0 Å². The highest BCUT2D eigenvalue weighted by atomic mass is 32.2. The van der Waals surface area contributed by atoms with Gasteiger partial charge in [0.25, 0.3) is 11.6 Å². The van der Waals surface area contributed by atoms with Crippen LogP contribution in [0, 0.1) is 5.92 Å². The fraction of sp³-hybridized carbons (Fsp3) is 0.556. The standard InChI is InChI=1S/C27H41F2N2O3P.C6H7NO2S.C3H6O/c1-4-6-11-19(3)30-26(33)23(16-20-12-8-7-9-13-20)31-25(32)18-34-24(5-2)21-14-10-15-22(17-21)27(28,29)35;1-10(8,9)6-4-2-3-5-7-6;1-2-3-4/h5,10,14-15,17,19-20,23H,4,6-9,11-13,16,18,35H2,1-3H3,(H,30,33)(H,31,32);2-5H,1H3;3H,2H2,1H3/b24-5-;;/t19-,23?;;/m1../s1. The van der Waals surface area contributed by atoms with E-state index >= 15 is 0 Å². The highest BCUT2D eigenvalue weighted by Gasteiger charge is 2.28. The van der Waals surface area contributed by atoms with Gasteiger partial charge in [-0.3, -0.25) is 9.59 Å². The summed E-state index contributed by atoms with van der Waals surface area (Å²) in [6, 6.07) is 10.1. The highest BCUT2D eigenvalue weighted by Crippen LogP contribution is 2.36. The lowest BCUT2D eigenvalue weighted by molar-refractivity contribution is -0.131. The Hall–Kier alpha value is -3.24. The van der Waals surface area contributed by atoms with Crippen LogP contribution in [-0.4, -0.2) is 56.4 Å². The van der Waals surface area contributed by atoms with Crippen LogP contribution in [0.2, 0.25) is 0 Å². The molecule has 1 aliphatic carbocycles. The van der Waals surface area contributed by atoms with Crippen molar-refractivity contribution in [3.8, 4) is 0 Å². The number of ether oxygens (including phenoxy) is 1. The summed E-state index contributed by atoms with van der Waals surface area (Å²) in [5.41, 5.74) is -2.75. The average Bonchev–Trinajstić information content (AvgIpc) is 3.08. The third-order valence-electron chi connectivity index (χ3n) is 7.66. The van der Waals surface area contributed by atoms with Gasteiger partial charge in [0.15, 0.2) is 21.5 Å². The molecule has 0 bridgehead atoms. The number of aldehydes is 1. The minimum Gasteiger partial charge on any atom is -0.484 e. The summed E-state index contributed by atoms with van der Waals surface area (Å²) in [5.74, 6) is 0.176. The Balaban J connectivity index is 0.000000709. The molecular formula is C36H54F2N3O6PS. The van der Waals surface area contributed by atoms with Gasteiger partial charge in [-0.15, -0.1) is 0 Å². The van der Waals surface area contributed by atoms with E-state index in [4.69, 9.17) is 4.74 Å². The molecule has 9 nitrogen and oxygen atoms in total. The molecule has 2 aromatic rings. The Bertz CT molecular complexity index is 1420. The van der Waals surface area contributed by atoms with Gasteiger partial charge in [0.2, 0.25) is 5.91 Å². The van der Waals surface area contributed by atoms with E-state index in [1.807, 2.05) is 13.8 Å². The molecule has 0 aliphatic heterocycles. The van der Waals surface area contributed by atoms with Gasteiger partial charge < -0.3 is 20.2 Å². The predicted molar refractivity (Wildman–Crippen MR) is 194 cm³/mol. The maximum atomic E-state index is 13.7. The van der Waals surface area contributed by atoms with E-state index in [-0.39, 0.29) is 29.1 Å². The molecule has 2 amide bonds. The second-order valence-corrected chi connectivity index (χ2v) is 14.8. The van der Waals surface area contributed by atoms with E-state index in [0.717, 1.165) is 57.5 Å². The van der Waals surface area contributed by atoms with Crippen molar-refractivity contribution < 1.29 is 36.3 Å². The summed E-state index contributed by atoms with van der Waals surface area (Å²) in [6.07, 6.45) is 15.0. The van der Waals surface area contributed by atoms with Crippen LogP contribution in [-0.2, 0) is 34.6 Å². The summed E-state index contributed by atoms with van der Waals surface area (Å²) in [5, 5.41) is 6.04. The highest BCUT2D eigenvalue weighted by molar-refractivity contribution is 7.90. The third-order valence-corrected chi connectivity index (χ3v) is 9.00. The second kappa shape index (κ2) is 23.2. The summed E-state index contributed by atoms with van der Waals surface area (Å²) < 4.78 is 54.6. The fourth-order valence-electron chi connectivity index (χ4n) is 5.07. The van der Waals surface area contributed by atoms with E-state index in [0.29, 0.717) is 30.1 Å². The summed E-state index contributed by atoms with van der Waals surface area (Å²) in [6.45, 7) is 7.33. The first-order chi connectivity index (χ1) is 23.2. The van der Waals surface area contributed by atoms with Crippen LogP contribution in [0.4, 0.5) is 8.78 Å². The van der Waals surface area contributed by atoms with Crippen LogP contribution in [0.25, 0.3) is 5.76 Å². The molecule has 1 fully saturated rings. The normalized spacial score (nSPS) is 14.9. The molecule has 2 unspecified atom stereocenters. The van der Waals surface area contributed by atoms with Gasteiger partial charge in [-0.1, -0.05) is 92.3 Å². The van der Waals surface area contributed by atoms with Gasteiger partial charge in [-0.25, -0.2) is 13.4 Å². The van der Waals surface area contributed by atoms with Crippen molar-refractivity contribution in [3.63, 3.8) is 0 Å². The van der Waals surface area contributed by atoms with E-state index in [1.54, 1.807) is 31.2 Å². The van der Waals surface area contributed by atoms with Gasteiger partial charge in [0.05, 0.1) is 0 Å². The second-order valence-electron chi connectivity index (χ2n) is 12.1. The number of nitrogens with one attached hydrogen (secondary N) is 2. The zero-order chi connectivity index (χ0) is 36.9. The molecule has 1 aromatic heterocycles. The first-order valence-electron chi connectivity index (χ1n) is 16.9. The molecule has 1 aromatic carbocycles. The lowest BCUT2D eigenvalue weighted by Gasteiger charge is -2.27. The molecule has 1 heterocycles. The van der Waals surface area contributed by atoms with Gasteiger partial charge in [0.1, 0.15) is 18.1 Å². The van der Waals surface area contributed by atoms with E-state index in [1.165, 1.54) is 46.1 Å². The van der Waals surface area contributed by atoms with E-state index < -0.39 is 27.4 Å². The molecule has 274 valence electrons. The molecular weight excluding hydrogens is 671 g/mol. The molecule has 13 heteroatoms. The van der Waals surface area contributed by atoms with Crippen LogP contribution in [0.15, 0.2) is 59.8 Å². The Labute approximate surface area is 293 Å². The van der Waals surface area contributed by atoms with Crippen molar-refractivity contribution in [2.24, 2.45) is 5.92 Å². The molecule has 0 radical (unpaired) electrons. The zero-order valence-corrected chi connectivity index (χ0v) is 31.4. The minimum atomic E-state index is -3.11. The summed E-state index contributed by atoms with van der Waals surface area (Å²) >= 11 is 0. The monoisotopic (exact) mass is 725 g/mol. The Kier molecular flexibility index (Phi) is 20.7. The van der Waals surface area contributed by atoms with Crippen LogP contribution < -0.4 is 10.6 Å². The van der Waals surface area contributed by atoms with Gasteiger partial charge in [0, 0.05) is 36.0 Å². The molecule has 3 rings (SSSR count). The first kappa shape index (κ1) is 43.8. The number of unbranched alkanes of at least 4 members (excludes halogenated alkanes) is 1. The maximum absolute atomic E-state index is 13.7. The average molecular weight is 726 g/mol. The molecule has 3 atom stereocenters. The quantitative estimate of drug-likeness (QED) is 0.113. The summed E-state index contributed by atoms with van der Waals surface area (Å²) in [7, 11) is -1.59. The molecule has 0 spiro atoms. The van der Waals surface area contributed by atoms with E-state index in [2.05, 4.69) is 22.5 Å². The maximum Gasteiger partial charge on any atom is 0.283 e. The topological polar surface area (TPSA) is 132 Å². The van der Waals surface area contributed by atoms with Crippen molar-refractivity contribution in [2.75, 3.05) is 12.9 Å². The number of carbonyl (C=O) groups is 3. The number of amides is 2. The van der Waals surface area contributed by atoms with Gasteiger partial charge in [-0.05, 0) is 56.9 Å². The molecule has 0 saturated heterocycles. The number of allylic oxidation sites excluding steroid dienone is 1. The van der Waals surface area contributed by atoms with Crippen LogP contribution >= 0.6 is 9.24 Å². The van der Waals surface area contributed by atoms with Crippen molar-refractivity contribution in [3.05, 3.63) is 65.9 Å². The summed E-state index contributed by atoms with van der Waals surface area (Å²) in [4.78, 5) is 38.6. The van der Waals surface area contributed by atoms with Crippen LogP contribution in [0.1, 0.15) is 103 Å². The number of hydrogen-bond acceptors (Lipinski definition) is 7. The molecule has 49 heavy (non-hydrogen) atoms. The number of sulfone groups is 1. The lowest BCUT2D eigenvalue weighted by Crippen LogP contribution is -2.50. The Morgan fingerprint density at radius 1 is 1.10 bits per heavy atom. The number of rotatable bonds is 15. The number of halogens is 2. The number of aromatic nitrogens is 1. The number of nitrogens with zero attached hydrogens (tertiary/aromatic N) is 1. The van der Waals surface area contributed by atoms with Crippen molar-refractivity contribution in [2.45, 2.75) is 115 Å². The zero-order valence-electron chi connectivity index (χ0n) is 29.4. The predicted octanol–water partition coefficient (Wildman–Crippen LogP) is 7.22.